The first kappa shape index (κ1) is 25.8. The molecule has 2 atom stereocenters. The Labute approximate surface area is 262 Å². The van der Waals surface area contributed by atoms with Crippen molar-refractivity contribution >= 4 is 44.2 Å². The van der Waals surface area contributed by atoms with E-state index in [0.29, 0.717) is 0 Å². The number of benzene rings is 4. The monoisotopic (exact) mass is 587 g/mol. The minimum Gasteiger partial charge on any atom is -0.378 e. The first-order valence-electron chi connectivity index (χ1n) is 15.6. The van der Waals surface area contributed by atoms with Gasteiger partial charge in [-0.2, -0.15) is 0 Å². The van der Waals surface area contributed by atoms with Crippen LogP contribution in [0.25, 0.3) is 26.4 Å². The maximum atomic E-state index is 4.98. The summed E-state index contributed by atoms with van der Waals surface area (Å²) < 4.78 is 1.25. The Hall–Kier alpha value is -4.67. The third kappa shape index (κ3) is 3.90. The molecule has 0 radical (unpaired) electrons. The fraction of sp³-hybridized carbons (Fsp3) is 0.175. The predicted molar refractivity (Wildman–Crippen MR) is 186 cm³/mol. The van der Waals surface area contributed by atoms with Crippen LogP contribution >= 0.6 is 11.3 Å². The van der Waals surface area contributed by atoms with Crippen LogP contribution in [0.4, 0.5) is 17.1 Å². The molecule has 2 aliphatic heterocycles. The Kier molecular flexibility index (Phi) is 5.67. The van der Waals surface area contributed by atoms with E-state index in [1.165, 1.54) is 60.9 Å². The molecular formula is C40H33N3S. The molecule has 0 fully saturated rings. The van der Waals surface area contributed by atoms with Crippen molar-refractivity contribution in [1.82, 2.24) is 4.98 Å². The number of fused-ring (bicyclic) bond motifs is 5. The van der Waals surface area contributed by atoms with Gasteiger partial charge in [-0.1, -0.05) is 98.8 Å². The summed E-state index contributed by atoms with van der Waals surface area (Å²) in [4.78, 5) is 7.49. The second kappa shape index (κ2) is 9.67. The molecule has 4 aromatic carbocycles. The molecule has 5 aromatic rings. The summed E-state index contributed by atoms with van der Waals surface area (Å²) in [7, 11) is 0. The smallest absolute Gasteiger partial charge is 0.124 e. The molecule has 4 aliphatic rings. The zero-order valence-electron chi connectivity index (χ0n) is 24.9. The molecule has 0 spiro atoms. The van der Waals surface area contributed by atoms with E-state index in [0.717, 1.165) is 23.4 Å². The largest absolute Gasteiger partial charge is 0.378 e. The zero-order valence-corrected chi connectivity index (χ0v) is 25.7. The molecule has 44 heavy (non-hydrogen) atoms. The average Bonchev–Trinajstić information content (AvgIpc) is 3.65. The molecule has 2 aliphatic carbocycles. The van der Waals surface area contributed by atoms with E-state index >= 15 is 0 Å². The van der Waals surface area contributed by atoms with E-state index in [1.807, 2.05) is 0 Å². The summed E-state index contributed by atoms with van der Waals surface area (Å²) in [6, 6.07) is 33.4. The lowest BCUT2D eigenvalue weighted by Gasteiger charge is -2.44. The van der Waals surface area contributed by atoms with Crippen molar-refractivity contribution in [2.75, 3.05) is 10.2 Å². The normalized spacial score (nSPS) is 21.0. The Morgan fingerprint density at radius 2 is 1.70 bits per heavy atom. The van der Waals surface area contributed by atoms with E-state index < -0.39 is 0 Å². The van der Waals surface area contributed by atoms with Crippen LogP contribution in [0, 0.1) is 0 Å². The van der Waals surface area contributed by atoms with Crippen molar-refractivity contribution in [1.29, 1.82) is 0 Å². The molecule has 3 heterocycles. The number of rotatable bonds is 3. The van der Waals surface area contributed by atoms with Crippen LogP contribution in [0.3, 0.4) is 0 Å². The van der Waals surface area contributed by atoms with Crippen LogP contribution in [0.2, 0.25) is 0 Å². The van der Waals surface area contributed by atoms with Gasteiger partial charge in [0.2, 0.25) is 0 Å². The highest BCUT2D eigenvalue weighted by atomic mass is 32.1. The molecule has 4 heteroatoms. The fourth-order valence-electron chi connectivity index (χ4n) is 7.59. The second-order valence-corrected chi connectivity index (χ2v) is 13.8. The number of hydrogen-bond donors (Lipinski definition) is 1. The lowest BCUT2D eigenvalue weighted by atomic mass is 9.70. The van der Waals surface area contributed by atoms with Gasteiger partial charge in [0, 0.05) is 39.7 Å². The topological polar surface area (TPSA) is 28.2 Å². The Morgan fingerprint density at radius 1 is 0.886 bits per heavy atom. The van der Waals surface area contributed by atoms with E-state index in [2.05, 4.69) is 145 Å². The lowest BCUT2D eigenvalue weighted by molar-refractivity contribution is 0.603. The van der Waals surface area contributed by atoms with Crippen LogP contribution in [-0.4, -0.2) is 11.0 Å². The van der Waals surface area contributed by atoms with Gasteiger partial charge in [-0.05, 0) is 77.1 Å². The van der Waals surface area contributed by atoms with Gasteiger partial charge in [0.1, 0.15) is 5.01 Å². The fourth-order valence-corrected chi connectivity index (χ4v) is 8.60. The molecule has 0 bridgehead atoms. The summed E-state index contributed by atoms with van der Waals surface area (Å²) in [6.45, 7) is 4.79. The summed E-state index contributed by atoms with van der Waals surface area (Å²) in [5.74, 6) is 0.289. The summed E-state index contributed by atoms with van der Waals surface area (Å²) in [5.41, 5.74) is 14.1. The molecule has 0 saturated carbocycles. The summed E-state index contributed by atoms with van der Waals surface area (Å²) in [5, 5.41) is 4.86. The first-order chi connectivity index (χ1) is 21.5. The third-order valence-electron chi connectivity index (χ3n) is 9.84. The predicted octanol–water partition coefficient (Wildman–Crippen LogP) is 10.5. The van der Waals surface area contributed by atoms with Crippen molar-refractivity contribution in [2.24, 2.45) is 0 Å². The highest BCUT2D eigenvalue weighted by molar-refractivity contribution is 7.21. The van der Waals surface area contributed by atoms with Gasteiger partial charge in [-0.3, -0.25) is 0 Å². The Balaban J connectivity index is 1.12. The minimum atomic E-state index is -0.0832. The van der Waals surface area contributed by atoms with Gasteiger partial charge in [0.15, 0.2) is 0 Å². The number of nitrogens with zero attached hydrogens (tertiary/aromatic N) is 2. The van der Waals surface area contributed by atoms with Gasteiger partial charge in [-0.25, -0.2) is 4.98 Å². The SMILES string of the molecule is CC1(C)C2=C(CCC=C2)N(c2ccccc2)c2ccc(C3=CC4c5cc6sc(-c7ccccc7)nc6cc5NC4C=C3)cc21. The maximum Gasteiger partial charge on any atom is 0.124 e. The molecule has 3 nitrogen and oxygen atoms in total. The molecule has 0 amide bonds. The van der Waals surface area contributed by atoms with Crippen molar-refractivity contribution in [3.8, 4) is 10.6 Å². The van der Waals surface area contributed by atoms with Crippen LogP contribution in [-0.2, 0) is 5.41 Å². The molecule has 2 unspecified atom stereocenters. The van der Waals surface area contributed by atoms with E-state index in [-0.39, 0.29) is 17.4 Å². The Bertz CT molecular complexity index is 2080. The standard InChI is InChI=1S/C40H33N3S/c1-40(2)31-15-9-10-16-36(31)43(28-13-7-4-8-14-28)37-20-18-27(22-32(37)40)26-17-19-33-29(21-26)30-23-38-35(24-34(30)41-33)42-39(44-38)25-11-5-3-6-12-25/h3-9,11-15,17-24,29,33,41H,10,16H2,1-2H3. The average molecular weight is 588 g/mol. The van der Waals surface area contributed by atoms with Crippen LogP contribution in [0.1, 0.15) is 49.3 Å². The van der Waals surface area contributed by atoms with Crippen molar-refractivity contribution < 1.29 is 0 Å². The number of nitrogens with one attached hydrogen (secondary N) is 1. The van der Waals surface area contributed by atoms with Crippen LogP contribution < -0.4 is 10.2 Å². The quantitative estimate of drug-likeness (QED) is 0.228. The molecule has 1 aromatic heterocycles. The number of anilines is 3. The summed E-state index contributed by atoms with van der Waals surface area (Å²) in [6.07, 6.45) is 14.0. The summed E-state index contributed by atoms with van der Waals surface area (Å²) >= 11 is 1.78. The molecule has 9 rings (SSSR count). The van der Waals surface area contributed by atoms with Crippen molar-refractivity contribution in [2.45, 2.75) is 44.1 Å². The molecule has 1 N–H and O–H groups in total. The van der Waals surface area contributed by atoms with Gasteiger partial charge in [-0.15, -0.1) is 11.3 Å². The highest BCUT2D eigenvalue weighted by Crippen LogP contribution is 2.52. The number of aromatic nitrogens is 1. The van der Waals surface area contributed by atoms with Crippen molar-refractivity contribution in [3.63, 3.8) is 0 Å². The number of para-hydroxylation sites is 1. The lowest BCUT2D eigenvalue weighted by Crippen LogP contribution is -2.34. The first-order valence-corrected chi connectivity index (χ1v) is 16.4. The maximum absolute atomic E-state index is 4.98. The van der Waals surface area contributed by atoms with E-state index in [4.69, 9.17) is 4.98 Å². The molecule has 0 saturated heterocycles. The zero-order chi connectivity index (χ0) is 29.4. The molecule has 214 valence electrons. The second-order valence-electron chi connectivity index (χ2n) is 12.8. The van der Waals surface area contributed by atoms with Crippen molar-refractivity contribution in [3.05, 3.63) is 149 Å². The number of allylic oxidation sites excluding steroid dienone is 6. The third-order valence-corrected chi connectivity index (χ3v) is 10.9. The number of hydrogen-bond acceptors (Lipinski definition) is 4. The number of thiazole rings is 1. The van der Waals surface area contributed by atoms with Gasteiger partial charge >= 0.3 is 0 Å². The van der Waals surface area contributed by atoms with Gasteiger partial charge < -0.3 is 10.2 Å². The van der Waals surface area contributed by atoms with Gasteiger partial charge in [0.25, 0.3) is 0 Å². The van der Waals surface area contributed by atoms with Crippen LogP contribution in [0.5, 0.6) is 0 Å². The highest BCUT2D eigenvalue weighted by Gasteiger charge is 2.39. The van der Waals surface area contributed by atoms with E-state index in [1.54, 1.807) is 11.3 Å². The molecular weight excluding hydrogens is 555 g/mol. The van der Waals surface area contributed by atoms with Crippen LogP contribution in [0.15, 0.2) is 133 Å². The minimum absolute atomic E-state index is 0.0832. The van der Waals surface area contributed by atoms with E-state index in [9.17, 15) is 0 Å². The van der Waals surface area contributed by atoms with Gasteiger partial charge in [0.05, 0.1) is 16.3 Å². The Morgan fingerprint density at radius 3 is 2.55 bits per heavy atom.